The number of thioether (sulfide) groups is 1. The summed E-state index contributed by atoms with van der Waals surface area (Å²) < 4.78 is 0. The van der Waals surface area contributed by atoms with Crippen LogP contribution in [-0.2, 0) is 16.1 Å². The summed E-state index contributed by atoms with van der Waals surface area (Å²) in [6, 6.07) is 17.6. The van der Waals surface area contributed by atoms with Gasteiger partial charge in [-0.3, -0.25) is 9.59 Å². The molecular formula is C24H32N2O2S. The van der Waals surface area contributed by atoms with Gasteiger partial charge in [0.1, 0.15) is 6.04 Å². The molecule has 1 N–H and O–H groups in total. The number of carbonyl (C=O) groups is 2. The van der Waals surface area contributed by atoms with Crippen LogP contribution < -0.4 is 5.32 Å². The number of carbonyl (C=O) groups excluding carboxylic acids is 2. The molecule has 2 rings (SSSR count). The summed E-state index contributed by atoms with van der Waals surface area (Å²) in [6.45, 7) is 8.46. The van der Waals surface area contributed by atoms with Crippen molar-refractivity contribution < 1.29 is 9.59 Å². The van der Waals surface area contributed by atoms with E-state index >= 15 is 0 Å². The van der Waals surface area contributed by atoms with Crippen molar-refractivity contribution in [3.63, 3.8) is 0 Å². The highest BCUT2D eigenvalue weighted by Crippen LogP contribution is 2.20. The fraction of sp³-hybridized carbons (Fsp3) is 0.417. The van der Waals surface area contributed by atoms with Crippen molar-refractivity contribution in [1.82, 2.24) is 10.2 Å². The highest BCUT2D eigenvalue weighted by Gasteiger charge is 2.29. The number of aryl methyl sites for hydroxylation is 1. The number of amides is 2. The van der Waals surface area contributed by atoms with Gasteiger partial charge in [0.05, 0.1) is 5.75 Å². The van der Waals surface area contributed by atoms with Gasteiger partial charge in [-0.15, -0.1) is 11.8 Å². The number of rotatable bonds is 10. The Morgan fingerprint density at radius 3 is 2.24 bits per heavy atom. The van der Waals surface area contributed by atoms with Crippen molar-refractivity contribution in [3.05, 3.63) is 65.7 Å². The third-order valence-electron chi connectivity index (χ3n) is 4.97. The average molecular weight is 413 g/mol. The van der Waals surface area contributed by atoms with Gasteiger partial charge in [-0.05, 0) is 44.4 Å². The molecule has 0 radical (unpaired) electrons. The Hall–Kier alpha value is -2.27. The van der Waals surface area contributed by atoms with E-state index in [9.17, 15) is 9.59 Å². The molecule has 0 aliphatic rings. The van der Waals surface area contributed by atoms with Crippen LogP contribution in [0.25, 0.3) is 0 Å². The lowest BCUT2D eigenvalue weighted by molar-refractivity contribution is -0.139. The summed E-state index contributed by atoms with van der Waals surface area (Å²) in [5.41, 5.74) is 2.20. The summed E-state index contributed by atoms with van der Waals surface area (Å²) in [4.78, 5) is 28.9. The van der Waals surface area contributed by atoms with Gasteiger partial charge in [-0.1, -0.05) is 61.9 Å². The number of benzene rings is 2. The molecular weight excluding hydrogens is 380 g/mol. The van der Waals surface area contributed by atoms with Crippen molar-refractivity contribution in [3.8, 4) is 0 Å². The number of nitrogens with one attached hydrogen (secondary N) is 1. The molecule has 0 unspecified atom stereocenters. The molecule has 156 valence electrons. The van der Waals surface area contributed by atoms with Gasteiger partial charge in [0.2, 0.25) is 11.8 Å². The van der Waals surface area contributed by atoms with Crippen molar-refractivity contribution in [2.45, 2.75) is 64.1 Å². The standard InChI is InChI=1S/C24H32N2O2S/c1-5-19(4)25-24(28)22(6-2)26(16-20-14-12-18(3)13-15-20)23(27)17-29-21-10-8-7-9-11-21/h7-15,19,22H,5-6,16-17H2,1-4H3,(H,25,28)/t19-,22+/m0/s1. The summed E-state index contributed by atoms with van der Waals surface area (Å²) in [5.74, 6) is 0.209. The Balaban J connectivity index is 2.19. The SMILES string of the molecule is CC[C@H](C(=O)N[C@@H](C)CC)N(Cc1ccc(C)cc1)C(=O)CSc1ccccc1. The van der Waals surface area contributed by atoms with Crippen LogP contribution in [-0.4, -0.2) is 34.6 Å². The van der Waals surface area contributed by atoms with Crippen molar-refractivity contribution in [2.75, 3.05) is 5.75 Å². The molecule has 5 heteroatoms. The molecule has 0 aliphatic carbocycles. The average Bonchev–Trinajstić information content (AvgIpc) is 2.73. The highest BCUT2D eigenvalue weighted by molar-refractivity contribution is 8.00. The third-order valence-corrected chi connectivity index (χ3v) is 5.96. The van der Waals surface area contributed by atoms with Crippen LogP contribution in [0.2, 0.25) is 0 Å². The fourth-order valence-corrected chi connectivity index (χ4v) is 3.80. The lowest BCUT2D eigenvalue weighted by Gasteiger charge is -2.31. The van der Waals surface area contributed by atoms with E-state index in [-0.39, 0.29) is 17.9 Å². The molecule has 2 amide bonds. The maximum atomic E-state index is 13.2. The molecule has 0 spiro atoms. The predicted molar refractivity (Wildman–Crippen MR) is 121 cm³/mol. The first kappa shape index (κ1) is 23.0. The minimum Gasteiger partial charge on any atom is -0.352 e. The van der Waals surface area contributed by atoms with Crippen molar-refractivity contribution >= 4 is 23.6 Å². The minimum absolute atomic E-state index is 0.0226. The van der Waals surface area contributed by atoms with E-state index in [1.54, 1.807) is 4.90 Å². The van der Waals surface area contributed by atoms with E-state index in [1.807, 2.05) is 82.3 Å². The van der Waals surface area contributed by atoms with E-state index in [2.05, 4.69) is 5.32 Å². The summed E-state index contributed by atoms with van der Waals surface area (Å²) in [7, 11) is 0. The Bertz CT molecular complexity index is 777. The Morgan fingerprint density at radius 2 is 1.66 bits per heavy atom. The second-order valence-corrected chi connectivity index (χ2v) is 8.40. The van der Waals surface area contributed by atoms with Gasteiger partial charge >= 0.3 is 0 Å². The topological polar surface area (TPSA) is 49.4 Å². The van der Waals surface area contributed by atoms with E-state index in [4.69, 9.17) is 0 Å². The first-order valence-electron chi connectivity index (χ1n) is 10.3. The molecule has 29 heavy (non-hydrogen) atoms. The Morgan fingerprint density at radius 1 is 1.00 bits per heavy atom. The van der Waals surface area contributed by atoms with Crippen molar-refractivity contribution in [2.24, 2.45) is 0 Å². The zero-order valence-electron chi connectivity index (χ0n) is 17.9. The summed E-state index contributed by atoms with van der Waals surface area (Å²) in [5, 5.41) is 3.04. The number of nitrogens with zero attached hydrogens (tertiary/aromatic N) is 1. The fourth-order valence-electron chi connectivity index (χ4n) is 3.00. The molecule has 2 atom stereocenters. The van der Waals surface area contributed by atoms with Gasteiger partial charge in [-0.25, -0.2) is 0 Å². The maximum Gasteiger partial charge on any atom is 0.243 e. The molecule has 0 aromatic heterocycles. The Labute approximate surface area is 179 Å². The first-order valence-corrected chi connectivity index (χ1v) is 11.3. The second kappa shape index (κ2) is 11.7. The zero-order valence-corrected chi connectivity index (χ0v) is 18.7. The largest absolute Gasteiger partial charge is 0.352 e. The smallest absolute Gasteiger partial charge is 0.243 e. The zero-order chi connectivity index (χ0) is 21.2. The lowest BCUT2D eigenvalue weighted by Crippen LogP contribution is -2.51. The molecule has 2 aromatic carbocycles. The van der Waals surface area contributed by atoms with E-state index in [0.717, 1.165) is 16.9 Å². The molecule has 2 aromatic rings. The normalized spacial score (nSPS) is 12.8. The van der Waals surface area contributed by atoms with Crippen LogP contribution in [0.5, 0.6) is 0 Å². The second-order valence-electron chi connectivity index (χ2n) is 7.35. The molecule has 0 saturated heterocycles. The highest BCUT2D eigenvalue weighted by atomic mass is 32.2. The van der Waals surface area contributed by atoms with Crippen LogP contribution in [0.4, 0.5) is 0 Å². The molecule has 4 nitrogen and oxygen atoms in total. The molecule has 0 fully saturated rings. The van der Waals surface area contributed by atoms with Crippen LogP contribution in [0.3, 0.4) is 0 Å². The van der Waals surface area contributed by atoms with Crippen LogP contribution in [0, 0.1) is 6.92 Å². The quantitative estimate of drug-likeness (QED) is 0.570. The van der Waals surface area contributed by atoms with Crippen LogP contribution in [0.15, 0.2) is 59.5 Å². The Kier molecular flexibility index (Phi) is 9.26. The summed E-state index contributed by atoms with van der Waals surface area (Å²) in [6.07, 6.45) is 1.44. The monoisotopic (exact) mass is 412 g/mol. The summed E-state index contributed by atoms with van der Waals surface area (Å²) >= 11 is 1.50. The van der Waals surface area contributed by atoms with Gasteiger partial charge in [-0.2, -0.15) is 0 Å². The first-order chi connectivity index (χ1) is 13.9. The van der Waals surface area contributed by atoms with E-state index in [1.165, 1.54) is 17.3 Å². The lowest BCUT2D eigenvalue weighted by atomic mass is 10.1. The molecule has 0 bridgehead atoms. The minimum atomic E-state index is -0.478. The number of hydrogen-bond donors (Lipinski definition) is 1. The van der Waals surface area contributed by atoms with Gasteiger partial charge < -0.3 is 10.2 Å². The third kappa shape index (κ3) is 7.24. The van der Waals surface area contributed by atoms with Gasteiger partial charge in [0, 0.05) is 17.5 Å². The van der Waals surface area contributed by atoms with E-state index in [0.29, 0.717) is 18.7 Å². The molecule has 0 saturated carbocycles. The van der Waals surface area contributed by atoms with Gasteiger partial charge in [0.25, 0.3) is 0 Å². The van der Waals surface area contributed by atoms with Crippen LogP contribution in [0.1, 0.15) is 44.7 Å². The van der Waals surface area contributed by atoms with E-state index < -0.39 is 6.04 Å². The van der Waals surface area contributed by atoms with Crippen molar-refractivity contribution in [1.29, 1.82) is 0 Å². The molecule has 0 aliphatic heterocycles. The maximum absolute atomic E-state index is 13.2. The van der Waals surface area contributed by atoms with Crippen LogP contribution >= 0.6 is 11.8 Å². The van der Waals surface area contributed by atoms with Gasteiger partial charge in [0.15, 0.2) is 0 Å². The molecule has 0 heterocycles. The number of hydrogen-bond acceptors (Lipinski definition) is 3. The predicted octanol–water partition coefficient (Wildman–Crippen LogP) is 4.81.